The number of nitriles is 1. The molecule has 2 bridgehead atoms. The molecule has 0 radical (unpaired) electrons. The van der Waals surface area contributed by atoms with Gasteiger partial charge in [0.2, 0.25) is 0 Å². The summed E-state index contributed by atoms with van der Waals surface area (Å²) in [5.41, 5.74) is 1.67. The molecule has 2 fully saturated rings. The van der Waals surface area contributed by atoms with Crippen molar-refractivity contribution in [2.75, 3.05) is 0 Å². The summed E-state index contributed by atoms with van der Waals surface area (Å²) in [5, 5.41) is 13.9. The lowest BCUT2D eigenvalue weighted by atomic mass is 9.71. The van der Waals surface area contributed by atoms with Crippen LogP contribution in [0.15, 0.2) is 23.8 Å². The molecule has 0 spiro atoms. The highest BCUT2D eigenvalue weighted by atomic mass is 35.5. The van der Waals surface area contributed by atoms with Crippen molar-refractivity contribution in [3.05, 3.63) is 45.1 Å². The molecule has 0 aliphatic carbocycles. The van der Waals surface area contributed by atoms with Crippen LogP contribution in [0.3, 0.4) is 0 Å². The van der Waals surface area contributed by atoms with Gasteiger partial charge >= 0.3 is 0 Å². The molecule has 0 saturated carbocycles. The maximum Gasteiger partial charge on any atom is 0.0897 e. The molecular weight excluding hydrogens is 340 g/mol. The van der Waals surface area contributed by atoms with Gasteiger partial charge in [-0.15, -0.1) is 11.3 Å². The second kappa shape index (κ2) is 6.11. The normalized spacial score (nSPS) is 29.5. The Morgan fingerprint density at radius 2 is 2.12 bits per heavy atom. The summed E-state index contributed by atoms with van der Waals surface area (Å²) in [5.74, 6) is 0. The molecule has 4 heterocycles. The van der Waals surface area contributed by atoms with E-state index in [-0.39, 0.29) is 0 Å². The zero-order chi connectivity index (χ0) is 16.7. The predicted molar refractivity (Wildman–Crippen MR) is 95.0 cm³/mol. The number of nitrogens with zero attached hydrogens (tertiary/aromatic N) is 4. The number of aromatic nitrogens is 2. The quantitative estimate of drug-likeness (QED) is 0.829. The molecule has 6 heteroatoms. The van der Waals surface area contributed by atoms with Gasteiger partial charge in [-0.25, -0.2) is 4.98 Å². The molecule has 0 amide bonds. The lowest BCUT2D eigenvalue weighted by Crippen LogP contribution is -2.48. The Balaban J connectivity index is 1.60. The van der Waals surface area contributed by atoms with Gasteiger partial charge in [0.25, 0.3) is 0 Å². The fourth-order valence-electron chi connectivity index (χ4n) is 4.33. The lowest BCUT2D eigenvalue weighted by molar-refractivity contribution is 0.0961. The Kier molecular flexibility index (Phi) is 4.07. The fourth-order valence-corrected chi connectivity index (χ4v) is 5.11. The zero-order valence-electron chi connectivity index (χ0n) is 13.6. The van der Waals surface area contributed by atoms with E-state index >= 15 is 0 Å². The van der Waals surface area contributed by atoms with Crippen molar-refractivity contribution in [2.24, 2.45) is 0 Å². The van der Waals surface area contributed by atoms with E-state index in [0.717, 1.165) is 48.5 Å². The Bertz CT molecular complexity index is 782. The molecule has 124 valence electrons. The minimum atomic E-state index is -0.460. The Morgan fingerprint density at radius 3 is 2.71 bits per heavy atom. The lowest BCUT2D eigenvalue weighted by Gasteiger charge is -2.43. The number of pyridine rings is 1. The van der Waals surface area contributed by atoms with Crippen LogP contribution in [0, 0.1) is 18.3 Å². The first-order valence-corrected chi connectivity index (χ1v) is 9.54. The molecule has 0 N–H and O–H groups in total. The van der Waals surface area contributed by atoms with Crippen LogP contribution in [0.4, 0.5) is 0 Å². The summed E-state index contributed by atoms with van der Waals surface area (Å²) in [6.45, 7) is 2.95. The second-order valence-corrected chi connectivity index (χ2v) is 8.41. The molecule has 4 rings (SSSR count). The third-order valence-corrected chi connectivity index (χ3v) is 6.45. The molecular formula is C18H19ClN4S. The minimum Gasteiger partial charge on any atom is -0.291 e. The van der Waals surface area contributed by atoms with Crippen LogP contribution in [-0.2, 0) is 12.0 Å². The van der Waals surface area contributed by atoms with Crippen molar-refractivity contribution in [3.8, 4) is 6.07 Å². The summed E-state index contributed by atoms with van der Waals surface area (Å²) in [6, 6.07) is 5.39. The van der Waals surface area contributed by atoms with Gasteiger partial charge < -0.3 is 0 Å². The molecule has 2 aromatic rings. The number of hydrogen-bond acceptors (Lipinski definition) is 5. The van der Waals surface area contributed by atoms with Gasteiger partial charge in [-0.1, -0.05) is 11.6 Å². The average molecular weight is 359 g/mol. The van der Waals surface area contributed by atoms with Crippen molar-refractivity contribution in [1.82, 2.24) is 14.9 Å². The molecule has 2 saturated heterocycles. The largest absolute Gasteiger partial charge is 0.291 e. The van der Waals surface area contributed by atoms with E-state index in [9.17, 15) is 5.26 Å². The Labute approximate surface area is 151 Å². The fraction of sp³-hybridized carbons (Fsp3) is 0.500. The molecule has 2 aromatic heterocycles. The van der Waals surface area contributed by atoms with Crippen molar-refractivity contribution in [1.29, 1.82) is 5.26 Å². The third kappa shape index (κ3) is 2.73. The smallest absolute Gasteiger partial charge is 0.0897 e. The number of halogens is 1. The van der Waals surface area contributed by atoms with Crippen molar-refractivity contribution in [2.45, 2.75) is 56.7 Å². The summed E-state index contributed by atoms with van der Waals surface area (Å²) < 4.78 is 0. The maximum atomic E-state index is 9.98. The van der Waals surface area contributed by atoms with Crippen molar-refractivity contribution in [3.63, 3.8) is 0 Å². The number of aryl methyl sites for hydroxylation is 1. The van der Waals surface area contributed by atoms with E-state index in [1.807, 2.05) is 19.2 Å². The predicted octanol–water partition coefficient (Wildman–Crippen LogP) is 4.09. The van der Waals surface area contributed by atoms with Crippen LogP contribution in [0.1, 0.15) is 41.9 Å². The van der Waals surface area contributed by atoms with Gasteiger partial charge in [0, 0.05) is 36.4 Å². The Hall–Kier alpha value is -1.48. The number of fused-ring (bicyclic) bond motifs is 2. The van der Waals surface area contributed by atoms with Gasteiger partial charge in [-0.2, -0.15) is 5.26 Å². The Morgan fingerprint density at radius 1 is 1.38 bits per heavy atom. The van der Waals surface area contributed by atoms with Crippen molar-refractivity contribution < 1.29 is 0 Å². The van der Waals surface area contributed by atoms with Crippen LogP contribution in [0.2, 0.25) is 5.02 Å². The topological polar surface area (TPSA) is 52.8 Å². The minimum absolute atomic E-state index is 0.435. The molecule has 0 aromatic carbocycles. The molecule has 4 nitrogen and oxygen atoms in total. The SMILES string of the molecule is Cc1nc(CN2C3CCC2CC(C#N)(c2cncc(Cl)c2)C3)cs1. The van der Waals surface area contributed by atoms with E-state index in [1.54, 1.807) is 17.5 Å². The van der Waals surface area contributed by atoms with Crippen molar-refractivity contribution >= 4 is 22.9 Å². The van der Waals surface area contributed by atoms with E-state index in [4.69, 9.17) is 11.6 Å². The monoisotopic (exact) mass is 358 g/mol. The summed E-state index contributed by atoms with van der Waals surface area (Å²) in [7, 11) is 0. The first-order valence-electron chi connectivity index (χ1n) is 8.29. The average Bonchev–Trinajstić information content (AvgIpc) is 3.08. The van der Waals surface area contributed by atoms with Crippen LogP contribution >= 0.6 is 22.9 Å². The van der Waals surface area contributed by atoms with E-state index < -0.39 is 5.41 Å². The first-order chi connectivity index (χ1) is 11.6. The second-order valence-electron chi connectivity index (χ2n) is 6.91. The van der Waals surface area contributed by atoms with Crippen LogP contribution in [0.25, 0.3) is 0 Å². The highest BCUT2D eigenvalue weighted by molar-refractivity contribution is 7.09. The highest BCUT2D eigenvalue weighted by Gasteiger charge is 2.49. The molecule has 2 aliphatic heterocycles. The van der Waals surface area contributed by atoms with Gasteiger partial charge in [0.1, 0.15) is 0 Å². The summed E-state index contributed by atoms with van der Waals surface area (Å²) in [4.78, 5) is 11.4. The summed E-state index contributed by atoms with van der Waals surface area (Å²) >= 11 is 7.83. The van der Waals surface area contributed by atoms with E-state index in [2.05, 4.69) is 26.3 Å². The molecule has 2 aliphatic rings. The van der Waals surface area contributed by atoms with Crippen LogP contribution in [0.5, 0.6) is 0 Å². The van der Waals surface area contributed by atoms with Crippen LogP contribution < -0.4 is 0 Å². The molecule has 2 atom stereocenters. The van der Waals surface area contributed by atoms with Crippen LogP contribution in [-0.4, -0.2) is 27.0 Å². The first kappa shape index (κ1) is 16.0. The van der Waals surface area contributed by atoms with E-state index in [1.165, 1.54) is 0 Å². The highest BCUT2D eigenvalue weighted by Crippen LogP contribution is 2.47. The number of rotatable bonds is 3. The van der Waals surface area contributed by atoms with Gasteiger partial charge in [0.15, 0.2) is 0 Å². The zero-order valence-corrected chi connectivity index (χ0v) is 15.1. The maximum absolute atomic E-state index is 9.98. The van der Waals surface area contributed by atoms with Gasteiger partial charge in [-0.3, -0.25) is 9.88 Å². The third-order valence-electron chi connectivity index (χ3n) is 5.42. The van der Waals surface area contributed by atoms with Gasteiger partial charge in [-0.05, 0) is 44.2 Å². The number of piperidine rings is 1. The standard InChI is InChI=1S/C18H19ClN4S/c1-12-22-15(10-24-12)9-23-16-2-3-17(23)6-18(5-16,11-20)13-4-14(19)8-21-7-13/h4,7-8,10,16-17H,2-3,5-6,9H2,1H3. The van der Waals surface area contributed by atoms with E-state index in [0.29, 0.717) is 17.1 Å². The summed E-state index contributed by atoms with van der Waals surface area (Å²) in [6.07, 6.45) is 7.46. The molecule has 24 heavy (non-hydrogen) atoms. The van der Waals surface area contributed by atoms with Gasteiger partial charge in [0.05, 0.1) is 27.2 Å². The number of hydrogen-bond donors (Lipinski definition) is 0. The number of thiazole rings is 1. The molecule has 2 unspecified atom stereocenters.